The predicted octanol–water partition coefficient (Wildman–Crippen LogP) is 2.66. The van der Waals surface area contributed by atoms with Crippen molar-refractivity contribution in [3.8, 4) is 0 Å². The summed E-state index contributed by atoms with van der Waals surface area (Å²) in [5, 5.41) is 0. The SMILES string of the molecule is O=C1CN(C2CCCCC2)CCN1Cc1ccccc1. The van der Waals surface area contributed by atoms with Crippen molar-refractivity contribution in [1.29, 1.82) is 0 Å². The number of piperazine rings is 1. The Labute approximate surface area is 121 Å². The fraction of sp³-hybridized carbons (Fsp3) is 0.588. The van der Waals surface area contributed by atoms with E-state index < -0.39 is 0 Å². The highest BCUT2D eigenvalue weighted by atomic mass is 16.2. The van der Waals surface area contributed by atoms with Crippen LogP contribution in [0.4, 0.5) is 0 Å². The zero-order chi connectivity index (χ0) is 13.8. The Bertz CT molecular complexity index is 440. The first kappa shape index (κ1) is 13.6. The Kier molecular flexibility index (Phi) is 4.36. The molecule has 0 atom stereocenters. The van der Waals surface area contributed by atoms with Crippen LogP contribution in [0.3, 0.4) is 0 Å². The summed E-state index contributed by atoms with van der Waals surface area (Å²) in [7, 11) is 0. The van der Waals surface area contributed by atoms with E-state index in [9.17, 15) is 4.79 Å². The number of amides is 1. The molecule has 1 aromatic rings. The zero-order valence-corrected chi connectivity index (χ0v) is 12.1. The molecule has 2 fully saturated rings. The maximum Gasteiger partial charge on any atom is 0.237 e. The lowest BCUT2D eigenvalue weighted by molar-refractivity contribution is -0.138. The molecule has 1 heterocycles. The molecule has 2 aliphatic rings. The number of hydrogen-bond donors (Lipinski definition) is 0. The molecule has 20 heavy (non-hydrogen) atoms. The second-order valence-electron chi connectivity index (χ2n) is 6.06. The normalized spacial score (nSPS) is 22.2. The Morgan fingerprint density at radius 2 is 1.75 bits per heavy atom. The number of benzene rings is 1. The minimum Gasteiger partial charge on any atom is -0.336 e. The zero-order valence-electron chi connectivity index (χ0n) is 12.1. The monoisotopic (exact) mass is 272 g/mol. The summed E-state index contributed by atoms with van der Waals surface area (Å²) >= 11 is 0. The Morgan fingerprint density at radius 3 is 2.45 bits per heavy atom. The molecule has 1 aliphatic heterocycles. The highest BCUT2D eigenvalue weighted by molar-refractivity contribution is 5.79. The smallest absolute Gasteiger partial charge is 0.237 e. The van der Waals surface area contributed by atoms with Gasteiger partial charge in [-0.15, -0.1) is 0 Å². The van der Waals surface area contributed by atoms with Crippen LogP contribution in [0.1, 0.15) is 37.7 Å². The average molecular weight is 272 g/mol. The van der Waals surface area contributed by atoms with E-state index >= 15 is 0 Å². The van der Waals surface area contributed by atoms with Crippen molar-refractivity contribution in [2.45, 2.75) is 44.7 Å². The van der Waals surface area contributed by atoms with E-state index in [0.717, 1.165) is 19.6 Å². The topological polar surface area (TPSA) is 23.6 Å². The Morgan fingerprint density at radius 1 is 1.00 bits per heavy atom. The van der Waals surface area contributed by atoms with Gasteiger partial charge in [0.05, 0.1) is 6.54 Å². The fourth-order valence-corrected chi connectivity index (χ4v) is 3.46. The maximum atomic E-state index is 12.3. The van der Waals surface area contributed by atoms with E-state index in [2.05, 4.69) is 17.0 Å². The number of nitrogens with zero attached hydrogens (tertiary/aromatic N) is 2. The second kappa shape index (κ2) is 6.40. The molecule has 0 unspecified atom stereocenters. The first-order valence-corrected chi connectivity index (χ1v) is 7.89. The molecule has 3 heteroatoms. The van der Waals surface area contributed by atoms with Gasteiger partial charge in [-0.1, -0.05) is 49.6 Å². The second-order valence-corrected chi connectivity index (χ2v) is 6.06. The van der Waals surface area contributed by atoms with Gasteiger partial charge in [0.1, 0.15) is 0 Å². The van der Waals surface area contributed by atoms with E-state index in [0.29, 0.717) is 18.5 Å². The molecule has 1 saturated heterocycles. The highest BCUT2D eigenvalue weighted by Crippen LogP contribution is 2.24. The van der Waals surface area contributed by atoms with Gasteiger partial charge in [0.25, 0.3) is 0 Å². The van der Waals surface area contributed by atoms with E-state index in [-0.39, 0.29) is 0 Å². The summed E-state index contributed by atoms with van der Waals surface area (Å²) in [5.41, 5.74) is 1.23. The quantitative estimate of drug-likeness (QED) is 0.844. The van der Waals surface area contributed by atoms with Gasteiger partial charge in [0, 0.05) is 25.7 Å². The summed E-state index contributed by atoms with van der Waals surface area (Å²) in [6.45, 7) is 3.31. The van der Waals surface area contributed by atoms with E-state index in [1.807, 2.05) is 23.1 Å². The van der Waals surface area contributed by atoms with Gasteiger partial charge < -0.3 is 4.90 Å². The van der Waals surface area contributed by atoms with Gasteiger partial charge in [-0.2, -0.15) is 0 Å². The third kappa shape index (κ3) is 3.21. The van der Waals surface area contributed by atoms with E-state index in [1.54, 1.807) is 0 Å². The van der Waals surface area contributed by atoms with Gasteiger partial charge in [0.15, 0.2) is 0 Å². The molecule has 0 spiro atoms. The number of carbonyl (C=O) groups excluding carboxylic acids is 1. The van der Waals surface area contributed by atoms with Gasteiger partial charge in [-0.05, 0) is 18.4 Å². The summed E-state index contributed by atoms with van der Waals surface area (Å²) in [6, 6.07) is 11.0. The van der Waals surface area contributed by atoms with E-state index in [1.165, 1.54) is 37.7 Å². The number of carbonyl (C=O) groups is 1. The first-order valence-electron chi connectivity index (χ1n) is 7.89. The van der Waals surface area contributed by atoms with Crippen LogP contribution in [0.2, 0.25) is 0 Å². The van der Waals surface area contributed by atoms with Crippen LogP contribution >= 0.6 is 0 Å². The van der Waals surface area contributed by atoms with Gasteiger partial charge in [-0.25, -0.2) is 0 Å². The van der Waals surface area contributed by atoms with Crippen molar-refractivity contribution in [3.05, 3.63) is 35.9 Å². The predicted molar refractivity (Wildman–Crippen MR) is 80.3 cm³/mol. The van der Waals surface area contributed by atoms with Crippen molar-refractivity contribution in [1.82, 2.24) is 9.80 Å². The van der Waals surface area contributed by atoms with Crippen molar-refractivity contribution in [2.24, 2.45) is 0 Å². The molecule has 0 N–H and O–H groups in total. The maximum absolute atomic E-state index is 12.3. The average Bonchev–Trinajstić information content (AvgIpc) is 2.51. The number of rotatable bonds is 3. The highest BCUT2D eigenvalue weighted by Gasteiger charge is 2.29. The van der Waals surface area contributed by atoms with Crippen LogP contribution in [0.25, 0.3) is 0 Å². The van der Waals surface area contributed by atoms with Crippen LogP contribution in [0.5, 0.6) is 0 Å². The van der Waals surface area contributed by atoms with E-state index in [4.69, 9.17) is 0 Å². The summed E-state index contributed by atoms with van der Waals surface area (Å²) < 4.78 is 0. The van der Waals surface area contributed by atoms with Gasteiger partial charge >= 0.3 is 0 Å². The van der Waals surface area contributed by atoms with Crippen LogP contribution in [-0.2, 0) is 11.3 Å². The molecule has 3 nitrogen and oxygen atoms in total. The summed E-state index contributed by atoms with van der Waals surface area (Å²) in [4.78, 5) is 16.8. The molecular weight excluding hydrogens is 248 g/mol. The third-order valence-electron chi connectivity index (χ3n) is 4.66. The fourth-order valence-electron chi connectivity index (χ4n) is 3.46. The van der Waals surface area contributed by atoms with Crippen molar-refractivity contribution in [2.75, 3.05) is 19.6 Å². The molecule has 0 bridgehead atoms. The lowest BCUT2D eigenvalue weighted by Crippen LogP contribution is -2.53. The summed E-state index contributed by atoms with van der Waals surface area (Å²) in [6.07, 6.45) is 6.61. The summed E-state index contributed by atoms with van der Waals surface area (Å²) in [5.74, 6) is 0.297. The van der Waals surface area contributed by atoms with Crippen LogP contribution in [0, 0.1) is 0 Å². The van der Waals surface area contributed by atoms with Crippen LogP contribution in [0.15, 0.2) is 30.3 Å². The minimum atomic E-state index is 0.297. The molecule has 108 valence electrons. The lowest BCUT2D eigenvalue weighted by atomic mass is 9.94. The van der Waals surface area contributed by atoms with Crippen LogP contribution < -0.4 is 0 Å². The molecule has 1 aromatic carbocycles. The lowest BCUT2D eigenvalue weighted by Gasteiger charge is -2.40. The Hall–Kier alpha value is -1.35. The Balaban J connectivity index is 1.55. The van der Waals surface area contributed by atoms with Crippen molar-refractivity contribution < 1.29 is 4.79 Å². The third-order valence-corrected chi connectivity index (χ3v) is 4.66. The number of hydrogen-bond acceptors (Lipinski definition) is 2. The first-order chi connectivity index (χ1) is 9.83. The molecule has 0 aromatic heterocycles. The van der Waals surface area contributed by atoms with Gasteiger partial charge in [-0.3, -0.25) is 9.69 Å². The molecule has 3 rings (SSSR count). The molecule has 1 aliphatic carbocycles. The molecule has 1 amide bonds. The standard InChI is InChI=1S/C17H24N2O/c20-17-14-18(16-9-5-2-6-10-16)11-12-19(17)13-15-7-3-1-4-8-15/h1,3-4,7-8,16H,2,5-6,9-14H2. The molecule has 1 saturated carbocycles. The van der Waals surface area contributed by atoms with Crippen molar-refractivity contribution >= 4 is 5.91 Å². The van der Waals surface area contributed by atoms with Crippen molar-refractivity contribution in [3.63, 3.8) is 0 Å². The molecular formula is C17H24N2O. The van der Waals surface area contributed by atoms with Gasteiger partial charge in [0.2, 0.25) is 5.91 Å². The minimum absolute atomic E-state index is 0.297. The molecule has 0 radical (unpaired) electrons. The largest absolute Gasteiger partial charge is 0.336 e. The van der Waals surface area contributed by atoms with Crippen LogP contribution in [-0.4, -0.2) is 41.4 Å².